The summed E-state index contributed by atoms with van der Waals surface area (Å²) in [5.41, 5.74) is 0. The van der Waals surface area contributed by atoms with Crippen molar-refractivity contribution in [1.82, 2.24) is 10.6 Å². The lowest BCUT2D eigenvalue weighted by Crippen LogP contribution is -2.39. The normalized spacial score (nSPS) is 36.8. The summed E-state index contributed by atoms with van der Waals surface area (Å²) in [5.74, 6) is 2.81. The molecule has 2 aliphatic rings. The topological polar surface area (TPSA) is 24.1 Å². The first-order valence-corrected chi connectivity index (χ1v) is 6.75. The first-order chi connectivity index (χ1) is 7.31. The summed E-state index contributed by atoms with van der Waals surface area (Å²) in [5, 5.41) is 7.32. The SMILES string of the molecule is CCC(C)CNCC1NCC2CCCC21. The Morgan fingerprint density at radius 1 is 1.40 bits per heavy atom. The molecule has 1 saturated carbocycles. The standard InChI is InChI=1S/C13H26N2/c1-3-10(2)7-14-9-13-12-6-4-5-11(12)8-15-13/h10-15H,3-9H2,1-2H3. The molecule has 1 aliphatic carbocycles. The predicted molar refractivity (Wildman–Crippen MR) is 64.9 cm³/mol. The van der Waals surface area contributed by atoms with Crippen LogP contribution in [0.2, 0.25) is 0 Å². The van der Waals surface area contributed by atoms with Crippen molar-refractivity contribution in [3.8, 4) is 0 Å². The molecule has 0 aromatic heterocycles. The van der Waals surface area contributed by atoms with Gasteiger partial charge in [0.15, 0.2) is 0 Å². The van der Waals surface area contributed by atoms with Gasteiger partial charge >= 0.3 is 0 Å². The Balaban J connectivity index is 1.67. The average Bonchev–Trinajstić information content (AvgIpc) is 2.81. The maximum Gasteiger partial charge on any atom is 0.0223 e. The third kappa shape index (κ3) is 2.73. The van der Waals surface area contributed by atoms with Crippen molar-refractivity contribution < 1.29 is 0 Å². The molecular weight excluding hydrogens is 184 g/mol. The van der Waals surface area contributed by atoms with Gasteiger partial charge in [-0.1, -0.05) is 26.7 Å². The molecule has 0 bridgehead atoms. The molecular formula is C13H26N2. The van der Waals surface area contributed by atoms with Crippen LogP contribution in [0.15, 0.2) is 0 Å². The summed E-state index contributed by atoms with van der Waals surface area (Å²) in [7, 11) is 0. The van der Waals surface area contributed by atoms with Crippen molar-refractivity contribution in [3.63, 3.8) is 0 Å². The van der Waals surface area contributed by atoms with Gasteiger partial charge in [-0.25, -0.2) is 0 Å². The molecule has 1 aliphatic heterocycles. The lowest BCUT2D eigenvalue weighted by molar-refractivity contribution is 0.381. The Hall–Kier alpha value is -0.0800. The van der Waals surface area contributed by atoms with Gasteiger partial charge in [-0.15, -0.1) is 0 Å². The van der Waals surface area contributed by atoms with Crippen LogP contribution in [-0.2, 0) is 0 Å². The zero-order valence-corrected chi connectivity index (χ0v) is 10.3. The summed E-state index contributed by atoms with van der Waals surface area (Å²) < 4.78 is 0. The summed E-state index contributed by atoms with van der Waals surface area (Å²) in [4.78, 5) is 0. The van der Waals surface area contributed by atoms with E-state index in [4.69, 9.17) is 0 Å². The second-order valence-corrected chi connectivity index (χ2v) is 5.54. The molecule has 15 heavy (non-hydrogen) atoms. The van der Waals surface area contributed by atoms with Crippen LogP contribution >= 0.6 is 0 Å². The Kier molecular flexibility index (Phi) is 4.04. The van der Waals surface area contributed by atoms with Crippen LogP contribution in [0, 0.1) is 17.8 Å². The second kappa shape index (κ2) is 5.31. The van der Waals surface area contributed by atoms with Crippen molar-refractivity contribution in [2.75, 3.05) is 19.6 Å². The average molecular weight is 210 g/mol. The largest absolute Gasteiger partial charge is 0.315 e. The van der Waals surface area contributed by atoms with Gasteiger partial charge in [0.2, 0.25) is 0 Å². The van der Waals surface area contributed by atoms with Crippen LogP contribution in [0.4, 0.5) is 0 Å². The van der Waals surface area contributed by atoms with Crippen LogP contribution in [0.25, 0.3) is 0 Å². The highest BCUT2D eigenvalue weighted by atomic mass is 15.0. The lowest BCUT2D eigenvalue weighted by Gasteiger charge is -2.20. The van der Waals surface area contributed by atoms with Gasteiger partial charge in [-0.2, -0.15) is 0 Å². The zero-order valence-electron chi connectivity index (χ0n) is 10.3. The molecule has 2 heteroatoms. The minimum atomic E-state index is 0.765. The summed E-state index contributed by atoms with van der Waals surface area (Å²) in [6, 6.07) is 0.765. The van der Waals surface area contributed by atoms with Gasteiger partial charge in [0.25, 0.3) is 0 Å². The second-order valence-electron chi connectivity index (χ2n) is 5.54. The molecule has 0 aromatic carbocycles. The number of rotatable bonds is 5. The number of hydrogen-bond donors (Lipinski definition) is 2. The highest BCUT2D eigenvalue weighted by Gasteiger charge is 2.38. The smallest absolute Gasteiger partial charge is 0.0223 e. The number of hydrogen-bond acceptors (Lipinski definition) is 2. The Bertz CT molecular complexity index is 193. The maximum atomic E-state index is 3.69. The van der Waals surface area contributed by atoms with Gasteiger partial charge in [0.05, 0.1) is 0 Å². The molecule has 0 amide bonds. The van der Waals surface area contributed by atoms with Crippen LogP contribution in [0.1, 0.15) is 39.5 Å². The minimum absolute atomic E-state index is 0.765. The van der Waals surface area contributed by atoms with Crippen LogP contribution in [0.5, 0.6) is 0 Å². The molecule has 1 saturated heterocycles. The van der Waals surface area contributed by atoms with Crippen molar-refractivity contribution in [3.05, 3.63) is 0 Å². The third-order valence-electron chi connectivity index (χ3n) is 4.43. The molecule has 0 aromatic rings. The van der Waals surface area contributed by atoms with E-state index in [0.29, 0.717) is 0 Å². The highest BCUT2D eigenvalue weighted by Crippen LogP contribution is 2.37. The Labute approximate surface area is 94.2 Å². The highest BCUT2D eigenvalue weighted by molar-refractivity contribution is 4.94. The molecule has 2 nitrogen and oxygen atoms in total. The van der Waals surface area contributed by atoms with Gasteiger partial charge in [-0.3, -0.25) is 0 Å². The van der Waals surface area contributed by atoms with Crippen molar-refractivity contribution >= 4 is 0 Å². The summed E-state index contributed by atoms with van der Waals surface area (Å²) in [6.45, 7) is 8.25. The van der Waals surface area contributed by atoms with E-state index in [2.05, 4.69) is 24.5 Å². The fraction of sp³-hybridized carbons (Fsp3) is 1.00. The van der Waals surface area contributed by atoms with E-state index < -0.39 is 0 Å². The van der Waals surface area contributed by atoms with E-state index in [1.807, 2.05) is 0 Å². The van der Waals surface area contributed by atoms with E-state index >= 15 is 0 Å². The predicted octanol–water partition coefficient (Wildman–Crippen LogP) is 2.01. The van der Waals surface area contributed by atoms with Gasteiger partial charge in [-0.05, 0) is 43.7 Å². The fourth-order valence-electron chi connectivity index (χ4n) is 3.16. The monoisotopic (exact) mass is 210 g/mol. The maximum absolute atomic E-state index is 3.69. The molecule has 4 atom stereocenters. The van der Waals surface area contributed by atoms with Crippen molar-refractivity contribution in [2.24, 2.45) is 17.8 Å². The molecule has 0 spiro atoms. The molecule has 2 fully saturated rings. The summed E-state index contributed by atoms with van der Waals surface area (Å²) in [6.07, 6.45) is 5.70. The number of fused-ring (bicyclic) bond motifs is 1. The molecule has 1 heterocycles. The van der Waals surface area contributed by atoms with Crippen LogP contribution in [-0.4, -0.2) is 25.7 Å². The first kappa shape index (κ1) is 11.4. The summed E-state index contributed by atoms with van der Waals surface area (Å²) >= 11 is 0. The Morgan fingerprint density at radius 2 is 2.27 bits per heavy atom. The molecule has 4 unspecified atom stereocenters. The zero-order chi connectivity index (χ0) is 10.7. The van der Waals surface area contributed by atoms with E-state index in [-0.39, 0.29) is 0 Å². The van der Waals surface area contributed by atoms with Crippen molar-refractivity contribution in [2.45, 2.75) is 45.6 Å². The van der Waals surface area contributed by atoms with Crippen molar-refractivity contribution in [1.29, 1.82) is 0 Å². The lowest BCUT2D eigenvalue weighted by atomic mass is 9.94. The third-order valence-corrected chi connectivity index (χ3v) is 4.43. The van der Waals surface area contributed by atoms with Crippen LogP contribution < -0.4 is 10.6 Å². The van der Waals surface area contributed by atoms with E-state index in [9.17, 15) is 0 Å². The molecule has 88 valence electrons. The molecule has 2 rings (SSSR count). The van der Waals surface area contributed by atoms with Gasteiger partial charge in [0.1, 0.15) is 0 Å². The Morgan fingerprint density at radius 3 is 3.07 bits per heavy atom. The van der Waals surface area contributed by atoms with E-state index in [1.54, 1.807) is 0 Å². The fourth-order valence-corrected chi connectivity index (χ4v) is 3.16. The minimum Gasteiger partial charge on any atom is -0.315 e. The van der Waals surface area contributed by atoms with E-state index in [1.165, 1.54) is 45.3 Å². The number of nitrogens with one attached hydrogen (secondary N) is 2. The van der Waals surface area contributed by atoms with Gasteiger partial charge < -0.3 is 10.6 Å². The first-order valence-electron chi connectivity index (χ1n) is 6.75. The molecule has 2 N–H and O–H groups in total. The van der Waals surface area contributed by atoms with E-state index in [0.717, 1.165) is 23.8 Å². The quantitative estimate of drug-likeness (QED) is 0.725. The molecule has 0 radical (unpaired) electrons. The van der Waals surface area contributed by atoms with Gasteiger partial charge in [0, 0.05) is 12.6 Å². The van der Waals surface area contributed by atoms with Crippen LogP contribution in [0.3, 0.4) is 0 Å².